The van der Waals surface area contributed by atoms with Crippen molar-refractivity contribution < 1.29 is 22.7 Å². The summed E-state index contributed by atoms with van der Waals surface area (Å²) in [5, 5.41) is 7.29. The van der Waals surface area contributed by atoms with Gasteiger partial charge >= 0.3 is 6.36 Å². The zero-order valence-electron chi connectivity index (χ0n) is 18.8. The van der Waals surface area contributed by atoms with Crippen LogP contribution >= 0.6 is 0 Å². The number of rotatable bonds is 4. The first-order chi connectivity index (χ1) is 16.8. The molecule has 2 aromatic heterocycles. The molecule has 0 unspecified atom stereocenters. The minimum absolute atomic E-state index is 0.0610. The number of aromatic amines is 1. The van der Waals surface area contributed by atoms with Crippen LogP contribution in [0.15, 0.2) is 54.9 Å². The quantitative estimate of drug-likeness (QED) is 0.431. The summed E-state index contributed by atoms with van der Waals surface area (Å²) in [6.07, 6.45) is 0.0646. The molecule has 35 heavy (non-hydrogen) atoms. The highest BCUT2D eigenvalue weighted by Crippen LogP contribution is 2.33. The van der Waals surface area contributed by atoms with E-state index in [4.69, 9.17) is 0 Å². The van der Waals surface area contributed by atoms with Crippen LogP contribution in [0.4, 0.5) is 13.2 Å². The second kappa shape index (κ2) is 9.01. The zero-order chi connectivity index (χ0) is 24.6. The number of halogens is 3. The van der Waals surface area contributed by atoms with Crippen molar-refractivity contribution in [3.8, 4) is 16.9 Å². The van der Waals surface area contributed by atoms with Crippen molar-refractivity contribution in [2.75, 3.05) is 13.1 Å². The molecule has 1 N–H and O–H groups in total. The van der Waals surface area contributed by atoms with Crippen molar-refractivity contribution >= 4 is 17.1 Å². The van der Waals surface area contributed by atoms with Gasteiger partial charge in [0.15, 0.2) is 5.65 Å². The van der Waals surface area contributed by atoms with Gasteiger partial charge < -0.3 is 9.64 Å². The lowest BCUT2D eigenvalue weighted by atomic mass is 9.91. The number of fused-ring (bicyclic) bond motifs is 1. The minimum Gasteiger partial charge on any atom is -0.406 e. The maximum atomic E-state index is 13.4. The molecule has 1 aliphatic heterocycles. The number of carbonyl (C=O) groups excluding carboxylic acids is 1. The molecule has 7 nitrogen and oxygen atoms in total. The van der Waals surface area contributed by atoms with Crippen LogP contribution in [0, 0.1) is 6.92 Å². The van der Waals surface area contributed by atoms with Crippen LogP contribution in [0.5, 0.6) is 5.75 Å². The summed E-state index contributed by atoms with van der Waals surface area (Å²) in [5.41, 5.74) is 5.16. The highest BCUT2D eigenvalue weighted by Gasteiger charge is 2.31. The molecule has 0 bridgehead atoms. The second-order valence-electron chi connectivity index (χ2n) is 8.48. The van der Waals surface area contributed by atoms with Gasteiger partial charge in [-0.25, -0.2) is 9.97 Å². The third-order valence-electron chi connectivity index (χ3n) is 6.37. The number of aromatic nitrogens is 4. The van der Waals surface area contributed by atoms with Crippen LogP contribution in [0.25, 0.3) is 22.3 Å². The molecule has 0 spiro atoms. The first-order valence-corrected chi connectivity index (χ1v) is 11.2. The van der Waals surface area contributed by atoms with Crippen LogP contribution in [-0.4, -0.2) is 50.4 Å². The van der Waals surface area contributed by atoms with E-state index in [1.165, 1.54) is 12.1 Å². The Hall–Kier alpha value is -3.95. The number of nitrogens with one attached hydrogen (secondary N) is 1. The zero-order valence-corrected chi connectivity index (χ0v) is 18.8. The largest absolute Gasteiger partial charge is 0.573 e. The van der Waals surface area contributed by atoms with E-state index in [1.807, 2.05) is 17.9 Å². The Balaban J connectivity index is 1.30. The van der Waals surface area contributed by atoms with Gasteiger partial charge in [-0.1, -0.05) is 24.3 Å². The average molecular weight is 481 g/mol. The number of H-pyrrole nitrogens is 1. The van der Waals surface area contributed by atoms with Crippen molar-refractivity contribution in [1.29, 1.82) is 0 Å². The maximum Gasteiger partial charge on any atom is 0.573 e. The van der Waals surface area contributed by atoms with E-state index in [2.05, 4.69) is 24.9 Å². The molecule has 0 saturated carbocycles. The van der Waals surface area contributed by atoms with Crippen LogP contribution in [0.2, 0.25) is 0 Å². The molecule has 2 aromatic carbocycles. The van der Waals surface area contributed by atoms with E-state index in [1.54, 1.807) is 36.7 Å². The molecule has 1 amide bonds. The van der Waals surface area contributed by atoms with Gasteiger partial charge in [0.1, 0.15) is 11.3 Å². The maximum absolute atomic E-state index is 13.4. The van der Waals surface area contributed by atoms with E-state index < -0.39 is 6.36 Å². The number of hydrogen-bond acceptors (Lipinski definition) is 5. The smallest absolute Gasteiger partial charge is 0.406 e. The lowest BCUT2D eigenvalue weighted by Crippen LogP contribution is -2.38. The standard InChI is InChI=1S/C25H22F3N5O2/c1-15-19(16-5-7-18(8-6-16)35-25(26,27)28)3-2-4-20(15)24(34)33-13-9-17(10-14-33)21-22-23(32-31-21)30-12-11-29-22/h2-8,11-12,17H,9-10,13-14H2,1H3,(H,30,31,32). The molecule has 5 rings (SSSR count). The van der Waals surface area contributed by atoms with E-state index in [9.17, 15) is 18.0 Å². The molecule has 180 valence electrons. The van der Waals surface area contributed by atoms with E-state index >= 15 is 0 Å². The highest BCUT2D eigenvalue weighted by molar-refractivity contribution is 5.97. The van der Waals surface area contributed by atoms with Crippen molar-refractivity contribution in [3.63, 3.8) is 0 Å². The number of likely N-dealkylation sites (tertiary alicyclic amines) is 1. The van der Waals surface area contributed by atoms with E-state index in [-0.39, 0.29) is 17.6 Å². The Morgan fingerprint density at radius 3 is 2.49 bits per heavy atom. The summed E-state index contributed by atoms with van der Waals surface area (Å²) in [6, 6.07) is 11.1. The molecule has 1 fully saturated rings. The Morgan fingerprint density at radius 2 is 1.77 bits per heavy atom. The van der Waals surface area contributed by atoms with Crippen molar-refractivity contribution in [3.05, 3.63) is 71.7 Å². The number of nitrogens with zero attached hydrogens (tertiary/aromatic N) is 4. The van der Waals surface area contributed by atoms with Gasteiger partial charge in [-0.15, -0.1) is 13.2 Å². The van der Waals surface area contributed by atoms with Crippen molar-refractivity contribution in [2.45, 2.75) is 32.0 Å². The first kappa shape index (κ1) is 22.8. The molecule has 10 heteroatoms. The number of carbonyl (C=O) groups is 1. The summed E-state index contributed by atoms with van der Waals surface area (Å²) >= 11 is 0. The predicted molar refractivity (Wildman–Crippen MR) is 123 cm³/mol. The molecule has 1 saturated heterocycles. The molecule has 3 heterocycles. The normalized spacial score (nSPS) is 14.9. The topological polar surface area (TPSA) is 84.0 Å². The number of benzene rings is 2. The second-order valence-corrected chi connectivity index (χ2v) is 8.48. The van der Waals surface area contributed by atoms with Gasteiger partial charge in [0.2, 0.25) is 0 Å². The van der Waals surface area contributed by atoms with E-state index in [0.717, 1.165) is 35.2 Å². The molecule has 0 aliphatic carbocycles. The van der Waals surface area contributed by atoms with Crippen LogP contribution in [0.3, 0.4) is 0 Å². The third-order valence-corrected chi connectivity index (χ3v) is 6.37. The number of hydrogen-bond donors (Lipinski definition) is 1. The van der Waals surface area contributed by atoms with Gasteiger partial charge in [0.05, 0.1) is 5.69 Å². The van der Waals surface area contributed by atoms with Gasteiger partial charge in [-0.2, -0.15) is 5.10 Å². The molecule has 1 aliphatic rings. The first-order valence-electron chi connectivity index (χ1n) is 11.2. The lowest BCUT2D eigenvalue weighted by Gasteiger charge is -2.32. The fourth-order valence-electron chi connectivity index (χ4n) is 4.61. The molecular formula is C25H22F3N5O2. The van der Waals surface area contributed by atoms with Crippen LogP contribution in [0.1, 0.15) is 40.4 Å². The van der Waals surface area contributed by atoms with Crippen molar-refractivity contribution in [1.82, 2.24) is 25.1 Å². The number of piperidine rings is 1. The SMILES string of the molecule is Cc1c(C(=O)N2CCC(c3[nH]nc4nccnc34)CC2)cccc1-c1ccc(OC(F)(F)F)cc1. The fraction of sp³-hybridized carbons (Fsp3) is 0.280. The number of amides is 1. The monoisotopic (exact) mass is 481 g/mol. The molecular weight excluding hydrogens is 459 g/mol. The van der Waals surface area contributed by atoms with Gasteiger partial charge in [0.25, 0.3) is 5.91 Å². The summed E-state index contributed by atoms with van der Waals surface area (Å²) in [4.78, 5) is 23.8. The Labute approximate surface area is 199 Å². The lowest BCUT2D eigenvalue weighted by molar-refractivity contribution is -0.274. The molecule has 4 aromatic rings. The minimum atomic E-state index is -4.74. The summed E-state index contributed by atoms with van der Waals surface area (Å²) in [7, 11) is 0. The Morgan fingerprint density at radius 1 is 1.06 bits per heavy atom. The summed E-state index contributed by atoms with van der Waals surface area (Å²) < 4.78 is 41.3. The molecule has 0 atom stereocenters. The van der Waals surface area contributed by atoms with E-state index in [0.29, 0.717) is 29.9 Å². The Bertz CT molecular complexity index is 1360. The third kappa shape index (κ3) is 4.68. The van der Waals surface area contributed by atoms with Gasteiger partial charge in [-0.3, -0.25) is 9.89 Å². The predicted octanol–water partition coefficient (Wildman–Crippen LogP) is 5.25. The summed E-state index contributed by atoms with van der Waals surface area (Å²) in [6.45, 7) is 3.04. The highest BCUT2D eigenvalue weighted by atomic mass is 19.4. The number of ether oxygens (including phenoxy) is 1. The molecule has 0 radical (unpaired) electrons. The van der Waals surface area contributed by atoms with Crippen LogP contribution < -0.4 is 4.74 Å². The fourth-order valence-corrected chi connectivity index (χ4v) is 4.61. The van der Waals surface area contributed by atoms with Crippen LogP contribution in [-0.2, 0) is 0 Å². The van der Waals surface area contributed by atoms with Crippen molar-refractivity contribution in [2.24, 2.45) is 0 Å². The van der Waals surface area contributed by atoms with Gasteiger partial charge in [0, 0.05) is 37.0 Å². The van der Waals surface area contributed by atoms with Gasteiger partial charge in [-0.05, 0) is 54.7 Å². The average Bonchev–Trinajstić information content (AvgIpc) is 3.28. The Kier molecular flexibility index (Phi) is 5.88. The summed E-state index contributed by atoms with van der Waals surface area (Å²) in [5.74, 6) is -0.135. The number of alkyl halides is 3.